The van der Waals surface area contributed by atoms with E-state index in [-0.39, 0.29) is 17.8 Å². The molecule has 1 saturated heterocycles. The standard InChI is InChI=1S/C24H26N4O3S/c1-3-31-23(30)18-11-13-28(14-12-18)20-10-9-19(15-25-20)22(29)27-24-26-21(16(2)32-24)17-7-5-4-6-8-17/h4-10,15,18H,3,11-14H2,1-2H3,(H,26,27,29). The van der Waals surface area contributed by atoms with Crippen LogP contribution in [-0.4, -0.2) is 41.5 Å². The highest BCUT2D eigenvalue weighted by Gasteiger charge is 2.26. The van der Waals surface area contributed by atoms with Crippen LogP contribution in [0.1, 0.15) is 35.0 Å². The molecule has 0 aliphatic carbocycles. The van der Waals surface area contributed by atoms with E-state index < -0.39 is 0 Å². The lowest BCUT2D eigenvalue weighted by Crippen LogP contribution is -2.37. The fourth-order valence-corrected chi connectivity index (χ4v) is 4.63. The molecule has 32 heavy (non-hydrogen) atoms. The molecule has 1 fully saturated rings. The fourth-order valence-electron chi connectivity index (χ4n) is 3.79. The molecule has 1 aromatic carbocycles. The van der Waals surface area contributed by atoms with Gasteiger partial charge in [0.15, 0.2) is 5.13 Å². The van der Waals surface area contributed by atoms with Crippen molar-refractivity contribution in [2.75, 3.05) is 29.9 Å². The lowest BCUT2D eigenvalue weighted by atomic mass is 9.97. The number of nitrogens with zero attached hydrogens (tertiary/aromatic N) is 3. The molecule has 1 amide bonds. The smallest absolute Gasteiger partial charge is 0.309 e. The van der Waals surface area contributed by atoms with Crippen LogP contribution in [0.3, 0.4) is 0 Å². The SMILES string of the molecule is CCOC(=O)C1CCN(c2ccc(C(=O)Nc3nc(-c4ccccc4)c(C)s3)cn2)CC1. The van der Waals surface area contributed by atoms with Crippen LogP contribution >= 0.6 is 11.3 Å². The van der Waals surface area contributed by atoms with Gasteiger partial charge >= 0.3 is 5.97 Å². The Bertz CT molecular complexity index is 1070. The minimum atomic E-state index is -0.238. The Balaban J connectivity index is 1.37. The number of carbonyl (C=O) groups excluding carboxylic acids is 2. The average molecular weight is 451 g/mol. The summed E-state index contributed by atoms with van der Waals surface area (Å²) in [4.78, 5) is 36.8. The highest BCUT2D eigenvalue weighted by atomic mass is 32.1. The van der Waals surface area contributed by atoms with Crippen LogP contribution in [0.4, 0.5) is 10.9 Å². The van der Waals surface area contributed by atoms with Crippen molar-refractivity contribution in [2.45, 2.75) is 26.7 Å². The van der Waals surface area contributed by atoms with Crippen LogP contribution in [0.5, 0.6) is 0 Å². The predicted molar refractivity (Wildman–Crippen MR) is 126 cm³/mol. The number of aryl methyl sites for hydroxylation is 1. The van der Waals surface area contributed by atoms with Gasteiger partial charge in [0.1, 0.15) is 5.82 Å². The van der Waals surface area contributed by atoms with Crippen molar-refractivity contribution in [1.29, 1.82) is 0 Å². The number of carbonyl (C=O) groups is 2. The number of anilines is 2. The molecular weight excluding hydrogens is 424 g/mol. The summed E-state index contributed by atoms with van der Waals surface area (Å²) in [6.07, 6.45) is 3.08. The van der Waals surface area contributed by atoms with Crippen LogP contribution in [0.2, 0.25) is 0 Å². The number of rotatable bonds is 6. The van der Waals surface area contributed by atoms with Gasteiger partial charge in [0.2, 0.25) is 0 Å². The number of ether oxygens (including phenoxy) is 1. The van der Waals surface area contributed by atoms with Crippen LogP contribution in [-0.2, 0) is 9.53 Å². The Hall–Kier alpha value is -3.26. The molecule has 0 unspecified atom stereocenters. The third-order valence-corrected chi connectivity index (χ3v) is 6.40. The van der Waals surface area contributed by atoms with Crippen molar-refractivity contribution in [3.8, 4) is 11.3 Å². The number of thiazole rings is 1. The first kappa shape index (κ1) is 22.0. The zero-order valence-electron chi connectivity index (χ0n) is 18.2. The van der Waals surface area contributed by atoms with E-state index in [2.05, 4.69) is 20.2 Å². The maximum atomic E-state index is 12.7. The maximum absolute atomic E-state index is 12.7. The Labute approximate surface area is 191 Å². The molecule has 2 aromatic heterocycles. The second kappa shape index (κ2) is 9.91. The number of esters is 1. The van der Waals surface area contributed by atoms with E-state index in [0.717, 1.165) is 47.9 Å². The Morgan fingerprint density at radius 2 is 1.91 bits per heavy atom. The molecule has 7 nitrogen and oxygen atoms in total. The molecule has 4 rings (SSSR count). The van der Waals surface area contributed by atoms with E-state index in [1.165, 1.54) is 11.3 Å². The second-order valence-corrected chi connectivity index (χ2v) is 8.87. The van der Waals surface area contributed by atoms with Gasteiger partial charge in [-0.15, -0.1) is 11.3 Å². The Kier molecular flexibility index (Phi) is 6.80. The zero-order chi connectivity index (χ0) is 22.5. The van der Waals surface area contributed by atoms with Gasteiger partial charge in [-0.1, -0.05) is 30.3 Å². The number of hydrogen-bond acceptors (Lipinski definition) is 7. The van der Waals surface area contributed by atoms with Gasteiger partial charge in [-0.3, -0.25) is 14.9 Å². The molecule has 0 radical (unpaired) electrons. The summed E-state index contributed by atoms with van der Waals surface area (Å²) < 4.78 is 5.13. The van der Waals surface area contributed by atoms with Crippen LogP contribution in [0.25, 0.3) is 11.3 Å². The van der Waals surface area contributed by atoms with Crippen LogP contribution in [0, 0.1) is 12.8 Å². The lowest BCUT2D eigenvalue weighted by Gasteiger charge is -2.31. The quantitative estimate of drug-likeness (QED) is 0.555. The molecule has 1 aliphatic heterocycles. The van der Waals surface area contributed by atoms with E-state index >= 15 is 0 Å². The average Bonchev–Trinajstić information content (AvgIpc) is 3.20. The van der Waals surface area contributed by atoms with E-state index in [0.29, 0.717) is 17.3 Å². The number of amides is 1. The van der Waals surface area contributed by atoms with Crippen LogP contribution < -0.4 is 10.2 Å². The molecule has 1 N–H and O–H groups in total. The minimum Gasteiger partial charge on any atom is -0.466 e. The Morgan fingerprint density at radius 3 is 2.56 bits per heavy atom. The molecule has 0 saturated carbocycles. The summed E-state index contributed by atoms with van der Waals surface area (Å²) in [6, 6.07) is 13.5. The van der Waals surface area contributed by atoms with E-state index in [4.69, 9.17) is 4.74 Å². The summed E-state index contributed by atoms with van der Waals surface area (Å²) in [7, 11) is 0. The first-order valence-corrected chi connectivity index (χ1v) is 11.6. The first-order valence-electron chi connectivity index (χ1n) is 10.8. The van der Waals surface area contributed by atoms with Crippen molar-refractivity contribution in [3.05, 3.63) is 59.1 Å². The predicted octanol–water partition coefficient (Wildman–Crippen LogP) is 4.55. The summed E-state index contributed by atoms with van der Waals surface area (Å²) in [5, 5.41) is 3.45. The van der Waals surface area contributed by atoms with Gasteiger partial charge < -0.3 is 9.64 Å². The van der Waals surface area contributed by atoms with Crippen molar-refractivity contribution in [1.82, 2.24) is 9.97 Å². The zero-order valence-corrected chi connectivity index (χ0v) is 19.0. The number of hydrogen-bond donors (Lipinski definition) is 1. The summed E-state index contributed by atoms with van der Waals surface area (Å²) in [6.45, 7) is 5.72. The van der Waals surface area contributed by atoms with Gasteiger partial charge in [-0.05, 0) is 38.8 Å². The lowest BCUT2D eigenvalue weighted by molar-refractivity contribution is -0.148. The molecule has 8 heteroatoms. The molecular formula is C24H26N4O3S. The maximum Gasteiger partial charge on any atom is 0.309 e. The van der Waals surface area contributed by atoms with Gasteiger partial charge in [0, 0.05) is 29.7 Å². The normalized spacial score (nSPS) is 14.2. The Morgan fingerprint density at radius 1 is 1.16 bits per heavy atom. The highest BCUT2D eigenvalue weighted by molar-refractivity contribution is 7.16. The topological polar surface area (TPSA) is 84.4 Å². The van der Waals surface area contributed by atoms with Gasteiger partial charge in [0.05, 0.1) is 23.8 Å². The third-order valence-electron chi connectivity index (χ3n) is 5.51. The summed E-state index contributed by atoms with van der Waals surface area (Å²) in [5.74, 6) is 0.414. The number of pyridine rings is 1. The summed E-state index contributed by atoms with van der Waals surface area (Å²) >= 11 is 1.45. The minimum absolute atomic E-state index is 0.0428. The van der Waals surface area contributed by atoms with E-state index in [1.54, 1.807) is 12.3 Å². The molecule has 3 aromatic rings. The van der Waals surface area contributed by atoms with Crippen molar-refractivity contribution >= 4 is 34.2 Å². The number of benzene rings is 1. The number of aromatic nitrogens is 2. The molecule has 166 valence electrons. The van der Waals surface area contributed by atoms with Crippen molar-refractivity contribution in [2.24, 2.45) is 5.92 Å². The first-order chi connectivity index (χ1) is 15.5. The summed E-state index contributed by atoms with van der Waals surface area (Å²) in [5.41, 5.74) is 2.38. The van der Waals surface area contributed by atoms with E-state index in [1.807, 2.05) is 50.2 Å². The number of nitrogens with one attached hydrogen (secondary N) is 1. The molecule has 0 atom stereocenters. The van der Waals surface area contributed by atoms with Crippen LogP contribution in [0.15, 0.2) is 48.7 Å². The molecule has 0 spiro atoms. The van der Waals surface area contributed by atoms with E-state index in [9.17, 15) is 9.59 Å². The fraction of sp³-hybridized carbons (Fsp3) is 0.333. The molecule has 3 heterocycles. The third kappa shape index (κ3) is 4.96. The largest absolute Gasteiger partial charge is 0.466 e. The highest BCUT2D eigenvalue weighted by Crippen LogP contribution is 2.30. The second-order valence-electron chi connectivity index (χ2n) is 7.66. The van der Waals surface area contributed by atoms with Gasteiger partial charge in [-0.2, -0.15) is 0 Å². The van der Waals surface area contributed by atoms with Crippen molar-refractivity contribution < 1.29 is 14.3 Å². The van der Waals surface area contributed by atoms with Gasteiger partial charge in [0.25, 0.3) is 5.91 Å². The van der Waals surface area contributed by atoms with Crippen molar-refractivity contribution in [3.63, 3.8) is 0 Å². The molecule has 0 bridgehead atoms. The van der Waals surface area contributed by atoms with Gasteiger partial charge in [-0.25, -0.2) is 9.97 Å². The monoisotopic (exact) mass is 450 g/mol. The number of piperidine rings is 1. The molecule has 1 aliphatic rings.